The minimum Gasteiger partial charge on any atom is -0.350 e. The maximum Gasteiger partial charge on any atom is 0.243 e. The Balaban J connectivity index is 1.36. The van der Waals surface area contributed by atoms with Crippen molar-refractivity contribution in [3.8, 4) is 0 Å². The molecule has 240 valence electrons. The van der Waals surface area contributed by atoms with E-state index in [1.54, 1.807) is 53.4 Å². The predicted octanol–water partition coefficient (Wildman–Crippen LogP) is 6.15. The Morgan fingerprint density at radius 3 is 2.07 bits per heavy atom. The van der Waals surface area contributed by atoms with E-state index >= 15 is 0 Å². The summed E-state index contributed by atoms with van der Waals surface area (Å²) in [4.78, 5) is 29.6. The van der Waals surface area contributed by atoms with E-state index in [0.717, 1.165) is 29.5 Å². The van der Waals surface area contributed by atoms with Crippen molar-refractivity contribution in [1.82, 2.24) is 14.5 Å². The molecule has 7 nitrogen and oxygen atoms in total. The number of amides is 2. The highest BCUT2D eigenvalue weighted by atomic mass is 35.5. The molecule has 1 aliphatic rings. The molecule has 0 unspecified atom stereocenters. The van der Waals surface area contributed by atoms with Crippen molar-refractivity contribution >= 4 is 33.4 Å². The Bertz CT molecular complexity index is 1710. The molecule has 5 rings (SSSR count). The van der Waals surface area contributed by atoms with Gasteiger partial charge in [0.15, 0.2) is 0 Å². The predicted molar refractivity (Wildman–Crippen MR) is 177 cm³/mol. The lowest BCUT2D eigenvalue weighted by atomic mass is 10.0. The van der Waals surface area contributed by atoms with Crippen molar-refractivity contribution < 1.29 is 22.4 Å². The zero-order valence-corrected chi connectivity index (χ0v) is 27.0. The number of halogens is 2. The standard InChI is InChI=1S/C36H37ClFN3O4S/c37-31-15-8-29(9-16-31)25-39-36(43)34(24-28-6-2-1-3-7-28)41(26-30-10-17-32(38)18-11-30)35(42)21-14-27-12-19-33(20-13-27)46(44,45)40-22-4-5-23-40/h1-3,6-13,15-20,34H,4-5,14,21-26H2,(H,39,43)/t34-/m1/s1. The zero-order valence-electron chi connectivity index (χ0n) is 25.4. The normalized spacial score (nSPS) is 14.1. The Labute approximate surface area is 275 Å². The second-order valence-corrected chi connectivity index (χ2v) is 13.8. The lowest BCUT2D eigenvalue weighted by Gasteiger charge is -2.32. The molecule has 0 aromatic heterocycles. The van der Waals surface area contributed by atoms with Crippen molar-refractivity contribution in [1.29, 1.82) is 0 Å². The summed E-state index contributed by atoms with van der Waals surface area (Å²) in [5.41, 5.74) is 3.25. The second-order valence-electron chi connectivity index (χ2n) is 11.5. The van der Waals surface area contributed by atoms with Crippen LogP contribution in [0.15, 0.2) is 108 Å². The summed E-state index contributed by atoms with van der Waals surface area (Å²) in [5.74, 6) is -0.954. The second kappa shape index (κ2) is 15.5. The van der Waals surface area contributed by atoms with E-state index in [2.05, 4.69) is 5.32 Å². The maximum atomic E-state index is 14.0. The molecular weight excluding hydrogens is 625 g/mol. The number of rotatable bonds is 13. The number of nitrogens with zero attached hydrogens (tertiary/aromatic N) is 2. The summed E-state index contributed by atoms with van der Waals surface area (Å²) in [5, 5.41) is 3.58. The zero-order chi connectivity index (χ0) is 32.5. The van der Waals surface area contributed by atoms with Crippen molar-refractivity contribution in [2.75, 3.05) is 13.1 Å². The molecule has 1 fully saturated rings. The number of hydrogen-bond acceptors (Lipinski definition) is 4. The highest BCUT2D eigenvalue weighted by Crippen LogP contribution is 2.22. The summed E-state index contributed by atoms with van der Waals surface area (Å²) in [6.07, 6.45) is 2.45. The fraction of sp³-hybridized carbons (Fsp3) is 0.278. The van der Waals surface area contributed by atoms with Gasteiger partial charge in [-0.05, 0) is 77.9 Å². The van der Waals surface area contributed by atoms with Crippen LogP contribution in [0.5, 0.6) is 0 Å². The van der Waals surface area contributed by atoms with E-state index in [-0.39, 0.29) is 42.6 Å². The Hall–Kier alpha value is -4.05. The first-order valence-corrected chi connectivity index (χ1v) is 17.2. The molecule has 1 aliphatic heterocycles. The van der Waals surface area contributed by atoms with Gasteiger partial charge in [0.2, 0.25) is 21.8 Å². The van der Waals surface area contributed by atoms with Gasteiger partial charge < -0.3 is 10.2 Å². The number of aryl methyl sites for hydroxylation is 1. The average Bonchev–Trinajstić information content (AvgIpc) is 3.63. The monoisotopic (exact) mass is 661 g/mol. The first-order chi connectivity index (χ1) is 22.2. The highest BCUT2D eigenvalue weighted by molar-refractivity contribution is 7.89. The van der Waals surface area contributed by atoms with E-state index in [0.29, 0.717) is 30.1 Å². The van der Waals surface area contributed by atoms with Gasteiger partial charge in [0.05, 0.1) is 4.90 Å². The van der Waals surface area contributed by atoms with Crippen LogP contribution in [0.2, 0.25) is 5.02 Å². The molecule has 4 aromatic carbocycles. The largest absolute Gasteiger partial charge is 0.350 e. The van der Waals surface area contributed by atoms with Gasteiger partial charge in [-0.1, -0.05) is 78.3 Å². The summed E-state index contributed by atoms with van der Waals surface area (Å²) in [6, 6.07) is 28.4. The van der Waals surface area contributed by atoms with Crippen LogP contribution in [-0.2, 0) is 45.5 Å². The molecule has 1 heterocycles. The summed E-state index contributed by atoms with van der Waals surface area (Å²) in [6.45, 7) is 1.42. The average molecular weight is 662 g/mol. The minimum absolute atomic E-state index is 0.0924. The molecule has 1 atom stereocenters. The Morgan fingerprint density at radius 1 is 0.804 bits per heavy atom. The van der Waals surface area contributed by atoms with Gasteiger partial charge in [-0.3, -0.25) is 9.59 Å². The van der Waals surface area contributed by atoms with Crippen LogP contribution in [0.25, 0.3) is 0 Å². The van der Waals surface area contributed by atoms with Crippen LogP contribution < -0.4 is 5.32 Å². The molecule has 46 heavy (non-hydrogen) atoms. The Kier molecular flexibility index (Phi) is 11.2. The van der Waals surface area contributed by atoms with E-state index in [4.69, 9.17) is 11.6 Å². The minimum atomic E-state index is -3.54. The fourth-order valence-corrected chi connectivity index (χ4v) is 7.19. The third-order valence-electron chi connectivity index (χ3n) is 8.17. The number of carbonyl (C=O) groups is 2. The van der Waals surface area contributed by atoms with Crippen LogP contribution in [0.1, 0.15) is 41.5 Å². The van der Waals surface area contributed by atoms with Crippen molar-refractivity contribution in [2.24, 2.45) is 0 Å². The van der Waals surface area contributed by atoms with Gasteiger partial charge in [0.1, 0.15) is 11.9 Å². The van der Waals surface area contributed by atoms with Crippen LogP contribution in [0, 0.1) is 5.82 Å². The van der Waals surface area contributed by atoms with Crippen LogP contribution in [-0.4, -0.2) is 48.6 Å². The van der Waals surface area contributed by atoms with E-state index < -0.39 is 21.9 Å². The fourth-order valence-electron chi connectivity index (χ4n) is 5.55. The molecular formula is C36H37ClFN3O4S. The van der Waals surface area contributed by atoms with Crippen molar-refractivity contribution in [2.45, 2.75) is 56.1 Å². The molecule has 0 aliphatic carbocycles. The summed E-state index contributed by atoms with van der Waals surface area (Å²) >= 11 is 6.02. The molecule has 0 radical (unpaired) electrons. The van der Waals surface area contributed by atoms with Crippen LogP contribution in [0.3, 0.4) is 0 Å². The third-order valence-corrected chi connectivity index (χ3v) is 10.3. The molecule has 0 spiro atoms. The SMILES string of the molecule is O=C(NCc1ccc(Cl)cc1)[C@@H](Cc1ccccc1)N(Cc1ccc(F)cc1)C(=O)CCc1ccc(S(=O)(=O)N2CCCC2)cc1. The lowest BCUT2D eigenvalue weighted by molar-refractivity contribution is -0.141. The van der Waals surface area contributed by atoms with Crippen LogP contribution in [0.4, 0.5) is 4.39 Å². The number of carbonyl (C=O) groups excluding carboxylic acids is 2. The molecule has 0 bridgehead atoms. The van der Waals surface area contributed by atoms with Crippen molar-refractivity contribution in [3.63, 3.8) is 0 Å². The van der Waals surface area contributed by atoms with Gasteiger partial charge in [-0.2, -0.15) is 4.31 Å². The van der Waals surface area contributed by atoms with Crippen molar-refractivity contribution in [3.05, 3.63) is 136 Å². The first kappa shape index (κ1) is 33.3. The molecule has 2 amide bonds. The third kappa shape index (κ3) is 8.81. The van der Waals surface area contributed by atoms with Gasteiger partial charge in [-0.15, -0.1) is 0 Å². The molecule has 10 heteroatoms. The highest BCUT2D eigenvalue weighted by Gasteiger charge is 2.31. The number of benzene rings is 4. The number of sulfonamides is 1. The molecule has 1 N–H and O–H groups in total. The van der Waals surface area contributed by atoms with Gasteiger partial charge in [-0.25, -0.2) is 12.8 Å². The summed E-state index contributed by atoms with van der Waals surface area (Å²) < 4.78 is 41.1. The van der Waals surface area contributed by atoms with Gasteiger partial charge >= 0.3 is 0 Å². The topological polar surface area (TPSA) is 86.8 Å². The summed E-state index contributed by atoms with van der Waals surface area (Å²) in [7, 11) is -3.54. The van der Waals surface area contributed by atoms with Gasteiger partial charge in [0.25, 0.3) is 0 Å². The molecule has 1 saturated heterocycles. The molecule has 4 aromatic rings. The van der Waals surface area contributed by atoms with E-state index in [1.807, 2.05) is 42.5 Å². The van der Waals surface area contributed by atoms with E-state index in [1.165, 1.54) is 16.4 Å². The van der Waals surface area contributed by atoms with E-state index in [9.17, 15) is 22.4 Å². The quantitative estimate of drug-likeness (QED) is 0.186. The first-order valence-electron chi connectivity index (χ1n) is 15.4. The smallest absolute Gasteiger partial charge is 0.243 e. The Morgan fingerprint density at radius 2 is 1.41 bits per heavy atom. The molecule has 0 saturated carbocycles. The van der Waals surface area contributed by atoms with Crippen LogP contribution >= 0.6 is 11.6 Å². The number of hydrogen-bond donors (Lipinski definition) is 1. The number of nitrogens with one attached hydrogen (secondary N) is 1. The van der Waals surface area contributed by atoms with Gasteiger partial charge in [0, 0.05) is 44.0 Å². The maximum absolute atomic E-state index is 14.0. The lowest BCUT2D eigenvalue weighted by Crippen LogP contribution is -2.50.